The molecule has 0 aliphatic carbocycles. The number of halogens is 1. The summed E-state index contributed by atoms with van der Waals surface area (Å²) < 4.78 is 37.7. The highest BCUT2D eigenvalue weighted by molar-refractivity contribution is 7.89. The highest BCUT2D eigenvalue weighted by Crippen LogP contribution is 2.30. The number of benzene rings is 2. The fourth-order valence-electron chi connectivity index (χ4n) is 3.60. The molecule has 2 aromatic rings. The summed E-state index contributed by atoms with van der Waals surface area (Å²) in [5.41, 5.74) is 1.09. The van der Waals surface area contributed by atoms with Crippen molar-refractivity contribution < 1.29 is 22.7 Å². The number of nitrogens with one attached hydrogen (secondary N) is 1. The fourth-order valence-corrected chi connectivity index (χ4v) is 5.47. The van der Waals surface area contributed by atoms with E-state index in [1.807, 2.05) is 24.3 Å². The molecule has 0 saturated carbocycles. The van der Waals surface area contributed by atoms with Crippen molar-refractivity contribution in [3.63, 3.8) is 0 Å². The summed E-state index contributed by atoms with van der Waals surface area (Å²) in [4.78, 5) is 12.7. The molecule has 3 rings (SSSR count). The van der Waals surface area contributed by atoms with Crippen LogP contribution in [-0.2, 0) is 21.2 Å². The van der Waals surface area contributed by atoms with E-state index in [1.54, 1.807) is 7.11 Å². The van der Waals surface area contributed by atoms with Crippen LogP contribution in [0, 0.1) is 5.92 Å². The Morgan fingerprint density at radius 2 is 1.90 bits per heavy atom. The molecular weight excluding hydrogens is 440 g/mol. The van der Waals surface area contributed by atoms with Gasteiger partial charge in [0, 0.05) is 19.6 Å². The van der Waals surface area contributed by atoms with E-state index in [2.05, 4.69) is 5.32 Å². The van der Waals surface area contributed by atoms with Gasteiger partial charge in [-0.3, -0.25) is 4.79 Å². The lowest BCUT2D eigenvalue weighted by molar-refractivity contribution is -0.126. The molecule has 1 fully saturated rings. The van der Waals surface area contributed by atoms with Gasteiger partial charge in [-0.05, 0) is 55.2 Å². The first-order valence-electron chi connectivity index (χ1n) is 10.1. The maximum Gasteiger partial charge on any atom is 0.243 e. The van der Waals surface area contributed by atoms with Crippen LogP contribution in [0.4, 0.5) is 0 Å². The highest BCUT2D eigenvalue weighted by Gasteiger charge is 2.33. The minimum absolute atomic E-state index is 0.0962. The van der Waals surface area contributed by atoms with Crippen LogP contribution in [0.25, 0.3) is 0 Å². The van der Waals surface area contributed by atoms with E-state index < -0.39 is 10.0 Å². The van der Waals surface area contributed by atoms with Crippen molar-refractivity contribution in [3.05, 3.63) is 53.1 Å². The summed E-state index contributed by atoms with van der Waals surface area (Å²) >= 11 is 6.10. The largest absolute Gasteiger partial charge is 0.497 e. The zero-order chi connectivity index (χ0) is 22.4. The molecule has 1 N–H and O–H groups in total. The first-order valence-corrected chi connectivity index (χ1v) is 11.9. The number of piperidine rings is 1. The van der Waals surface area contributed by atoms with Crippen LogP contribution in [-0.4, -0.2) is 52.5 Å². The van der Waals surface area contributed by atoms with Gasteiger partial charge in [0.2, 0.25) is 15.9 Å². The minimum Gasteiger partial charge on any atom is -0.497 e. The van der Waals surface area contributed by atoms with Gasteiger partial charge in [0.25, 0.3) is 0 Å². The van der Waals surface area contributed by atoms with Crippen molar-refractivity contribution in [2.24, 2.45) is 5.92 Å². The van der Waals surface area contributed by atoms with Crippen molar-refractivity contribution in [2.75, 3.05) is 33.9 Å². The van der Waals surface area contributed by atoms with Crippen LogP contribution >= 0.6 is 11.6 Å². The second-order valence-electron chi connectivity index (χ2n) is 7.39. The van der Waals surface area contributed by atoms with Crippen LogP contribution in [0.3, 0.4) is 0 Å². The Kier molecular flexibility index (Phi) is 7.80. The average molecular weight is 467 g/mol. The van der Waals surface area contributed by atoms with Gasteiger partial charge < -0.3 is 14.8 Å². The van der Waals surface area contributed by atoms with Crippen molar-refractivity contribution in [3.8, 4) is 11.5 Å². The number of carbonyl (C=O) groups excluding carboxylic acids is 1. The summed E-state index contributed by atoms with van der Waals surface area (Å²) in [6.45, 7) is 1.02. The molecule has 7 nitrogen and oxygen atoms in total. The van der Waals surface area contributed by atoms with E-state index in [0.717, 1.165) is 11.3 Å². The lowest BCUT2D eigenvalue weighted by Gasteiger charge is -2.31. The monoisotopic (exact) mass is 466 g/mol. The number of nitrogens with zero attached hydrogens (tertiary/aromatic N) is 1. The summed E-state index contributed by atoms with van der Waals surface area (Å²) in [6, 6.07) is 12.1. The molecule has 0 bridgehead atoms. The quantitative estimate of drug-likeness (QED) is 0.646. The number of methoxy groups -OCH3 is 2. The van der Waals surface area contributed by atoms with E-state index in [1.165, 1.54) is 29.6 Å². The van der Waals surface area contributed by atoms with Crippen LogP contribution in [0.1, 0.15) is 18.4 Å². The van der Waals surface area contributed by atoms with Gasteiger partial charge in [0.1, 0.15) is 11.5 Å². The van der Waals surface area contributed by atoms with Crippen molar-refractivity contribution >= 4 is 27.5 Å². The zero-order valence-electron chi connectivity index (χ0n) is 17.6. The number of hydrogen-bond donors (Lipinski definition) is 1. The van der Waals surface area contributed by atoms with Crippen LogP contribution in [0.2, 0.25) is 5.02 Å². The van der Waals surface area contributed by atoms with E-state index in [0.29, 0.717) is 38.1 Å². The summed E-state index contributed by atoms with van der Waals surface area (Å²) in [7, 11) is -0.657. The maximum absolute atomic E-state index is 13.0. The van der Waals surface area contributed by atoms with E-state index in [-0.39, 0.29) is 28.3 Å². The molecule has 1 heterocycles. The van der Waals surface area contributed by atoms with Crippen molar-refractivity contribution in [2.45, 2.75) is 24.2 Å². The molecule has 0 aromatic heterocycles. The minimum atomic E-state index is -3.74. The van der Waals surface area contributed by atoms with Crippen molar-refractivity contribution in [1.82, 2.24) is 9.62 Å². The molecule has 0 radical (unpaired) electrons. The van der Waals surface area contributed by atoms with Crippen LogP contribution < -0.4 is 14.8 Å². The normalized spacial score (nSPS) is 17.2. The molecule has 0 unspecified atom stereocenters. The first kappa shape index (κ1) is 23.4. The number of rotatable bonds is 8. The summed E-state index contributed by atoms with van der Waals surface area (Å²) in [5.74, 6) is 0.692. The maximum atomic E-state index is 13.0. The average Bonchev–Trinajstić information content (AvgIpc) is 2.79. The Bertz CT molecular complexity index is 1010. The molecule has 2 aromatic carbocycles. The van der Waals surface area contributed by atoms with Gasteiger partial charge in [0.15, 0.2) is 0 Å². The van der Waals surface area contributed by atoms with Crippen molar-refractivity contribution in [1.29, 1.82) is 0 Å². The highest BCUT2D eigenvalue weighted by atomic mass is 35.5. The van der Waals surface area contributed by atoms with Gasteiger partial charge >= 0.3 is 0 Å². The molecule has 0 spiro atoms. The van der Waals surface area contributed by atoms with E-state index in [9.17, 15) is 13.2 Å². The number of sulfonamides is 1. The third kappa shape index (κ3) is 5.70. The second-order valence-corrected chi connectivity index (χ2v) is 9.73. The third-order valence-electron chi connectivity index (χ3n) is 5.39. The number of ether oxygens (including phenoxy) is 2. The number of hydrogen-bond acceptors (Lipinski definition) is 5. The van der Waals surface area contributed by atoms with Crippen LogP contribution in [0.15, 0.2) is 47.4 Å². The number of amides is 1. The molecule has 1 aliphatic rings. The predicted octanol–water partition coefficient (Wildman–Crippen LogP) is 3.12. The standard InChI is InChI=1S/C22H27ClN2O5S/c1-29-18-7-5-16(6-8-18)11-12-24-22(26)17-4-3-13-25(15-17)31(27,28)19-9-10-21(30-2)20(23)14-19/h5-10,14,17H,3-4,11-13,15H2,1-2H3,(H,24,26)/t17-/m1/s1. The third-order valence-corrected chi connectivity index (χ3v) is 7.54. The molecule has 1 atom stereocenters. The van der Waals surface area contributed by atoms with Gasteiger partial charge in [-0.1, -0.05) is 23.7 Å². The summed E-state index contributed by atoms with van der Waals surface area (Å²) in [5, 5.41) is 3.17. The molecule has 1 amide bonds. The van der Waals surface area contributed by atoms with Gasteiger partial charge in [-0.2, -0.15) is 4.31 Å². The Balaban J connectivity index is 1.58. The van der Waals surface area contributed by atoms with Gasteiger partial charge in [0.05, 0.1) is 30.1 Å². The smallest absolute Gasteiger partial charge is 0.243 e. The van der Waals surface area contributed by atoms with E-state index in [4.69, 9.17) is 21.1 Å². The predicted molar refractivity (Wildman–Crippen MR) is 119 cm³/mol. The van der Waals surface area contributed by atoms with Crippen LogP contribution in [0.5, 0.6) is 11.5 Å². The Morgan fingerprint density at radius 3 is 2.55 bits per heavy atom. The van der Waals surface area contributed by atoms with Gasteiger partial charge in [-0.15, -0.1) is 0 Å². The summed E-state index contributed by atoms with van der Waals surface area (Å²) in [6.07, 6.45) is 1.97. The topological polar surface area (TPSA) is 84.9 Å². The molecule has 1 aliphatic heterocycles. The Hall–Kier alpha value is -2.29. The SMILES string of the molecule is COc1ccc(CCNC(=O)[C@@H]2CCCN(S(=O)(=O)c3ccc(OC)c(Cl)c3)C2)cc1. The molecule has 31 heavy (non-hydrogen) atoms. The first-order chi connectivity index (χ1) is 14.8. The fraction of sp³-hybridized carbons (Fsp3) is 0.409. The second kappa shape index (κ2) is 10.3. The molecule has 9 heteroatoms. The lowest BCUT2D eigenvalue weighted by atomic mass is 9.99. The lowest BCUT2D eigenvalue weighted by Crippen LogP contribution is -2.45. The van der Waals surface area contributed by atoms with E-state index >= 15 is 0 Å². The molecular formula is C22H27ClN2O5S. The Morgan fingerprint density at radius 1 is 1.16 bits per heavy atom. The zero-order valence-corrected chi connectivity index (χ0v) is 19.2. The molecule has 168 valence electrons. The Labute approximate surface area is 188 Å². The van der Waals surface area contributed by atoms with Gasteiger partial charge in [-0.25, -0.2) is 8.42 Å². The number of carbonyl (C=O) groups is 1. The molecule has 1 saturated heterocycles.